The molecule has 0 fully saturated rings. The first-order valence-corrected chi connectivity index (χ1v) is 7.41. The number of aromatic nitrogens is 1. The minimum absolute atomic E-state index is 0.0452. The van der Waals surface area contributed by atoms with Crippen LogP contribution < -0.4 is 15.5 Å². The summed E-state index contributed by atoms with van der Waals surface area (Å²) in [6, 6.07) is 12.9. The third-order valence-corrected chi connectivity index (χ3v) is 4.16. The number of rotatable bonds is 3. The van der Waals surface area contributed by atoms with Gasteiger partial charge in [0.05, 0.1) is 17.4 Å². The third-order valence-electron chi connectivity index (χ3n) is 4.16. The maximum Gasteiger partial charge on any atom is 0.0693 e. The van der Waals surface area contributed by atoms with Gasteiger partial charge in [-0.25, -0.2) is 0 Å². The van der Waals surface area contributed by atoms with Gasteiger partial charge in [-0.2, -0.15) is 0 Å². The zero-order valence-electron chi connectivity index (χ0n) is 12.6. The molecule has 0 bridgehead atoms. The Kier molecular flexibility index (Phi) is 3.80. The van der Waals surface area contributed by atoms with E-state index in [-0.39, 0.29) is 12.1 Å². The SMILES string of the molecule is CC(N)C(c1ccncc1)N1CCN(C)c2ccccc21. The van der Waals surface area contributed by atoms with E-state index in [1.165, 1.54) is 16.9 Å². The Balaban J connectivity index is 2.04. The summed E-state index contributed by atoms with van der Waals surface area (Å²) < 4.78 is 0. The van der Waals surface area contributed by atoms with Crippen molar-refractivity contribution >= 4 is 11.4 Å². The minimum Gasteiger partial charge on any atom is -0.371 e. The molecular weight excluding hydrogens is 260 g/mol. The molecule has 2 heterocycles. The maximum atomic E-state index is 6.32. The van der Waals surface area contributed by atoms with Crippen LogP contribution in [0.5, 0.6) is 0 Å². The first-order valence-electron chi connectivity index (χ1n) is 7.41. The number of fused-ring (bicyclic) bond motifs is 1. The van der Waals surface area contributed by atoms with E-state index in [0.717, 1.165) is 13.1 Å². The lowest BCUT2D eigenvalue weighted by molar-refractivity contribution is 0.522. The third kappa shape index (κ3) is 2.59. The molecule has 2 aromatic rings. The van der Waals surface area contributed by atoms with Gasteiger partial charge in [-0.15, -0.1) is 0 Å². The summed E-state index contributed by atoms with van der Waals surface area (Å²) in [7, 11) is 2.14. The second-order valence-corrected chi connectivity index (χ2v) is 5.69. The highest BCUT2D eigenvalue weighted by Gasteiger charge is 2.29. The number of nitrogens with two attached hydrogens (primary N) is 1. The van der Waals surface area contributed by atoms with Gasteiger partial charge in [0.2, 0.25) is 0 Å². The van der Waals surface area contributed by atoms with E-state index in [0.29, 0.717) is 0 Å². The highest BCUT2D eigenvalue weighted by atomic mass is 15.3. The van der Waals surface area contributed by atoms with E-state index in [4.69, 9.17) is 5.73 Å². The average Bonchev–Trinajstić information content (AvgIpc) is 2.51. The summed E-state index contributed by atoms with van der Waals surface area (Å²) >= 11 is 0. The zero-order chi connectivity index (χ0) is 14.8. The van der Waals surface area contributed by atoms with Crippen LogP contribution in [0.4, 0.5) is 11.4 Å². The van der Waals surface area contributed by atoms with Gasteiger partial charge in [0.1, 0.15) is 0 Å². The molecule has 0 aliphatic carbocycles. The molecule has 2 unspecified atom stereocenters. The van der Waals surface area contributed by atoms with Gasteiger partial charge < -0.3 is 15.5 Å². The predicted molar refractivity (Wildman–Crippen MR) is 87.7 cm³/mol. The Labute approximate surface area is 126 Å². The van der Waals surface area contributed by atoms with Crippen LogP contribution in [0.15, 0.2) is 48.8 Å². The molecule has 1 aromatic heterocycles. The average molecular weight is 282 g/mol. The number of pyridine rings is 1. The summed E-state index contributed by atoms with van der Waals surface area (Å²) in [4.78, 5) is 8.85. The smallest absolute Gasteiger partial charge is 0.0693 e. The molecule has 0 radical (unpaired) electrons. The second-order valence-electron chi connectivity index (χ2n) is 5.69. The molecule has 0 saturated heterocycles. The van der Waals surface area contributed by atoms with Crippen molar-refractivity contribution in [2.24, 2.45) is 5.73 Å². The van der Waals surface area contributed by atoms with E-state index < -0.39 is 0 Å². The molecule has 2 N–H and O–H groups in total. The fraction of sp³-hybridized carbons (Fsp3) is 0.353. The second kappa shape index (κ2) is 5.74. The predicted octanol–water partition coefficient (Wildman–Crippen LogP) is 2.43. The van der Waals surface area contributed by atoms with Crippen LogP contribution in [0, 0.1) is 0 Å². The van der Waals surface area contributed by atoms with Crippen molar-refractivity contribution in [3.8, 4) is 0 Å². The van der Waals surface area contributed by atoms with Gasteiger partial charge in [0, 0.05) is 38.6 Å². The summed E-state index contributed by atoms with van der Waals surface area (Å²) in [5.74, 6) is 0. The van der Waals surface area contributed by atoms with Crippen LogP contribution in [0.25, 0.3) is 0 Å². The van der Waals surface area contributed by atoms with Crippen molar-refractivity contribution in [1.82, 2.24) is 4.98 Å². The molecule has 0 amide bonds. The van der Waals surface area contributed by atoms with Gasteiger partial charge in [0.15, 0.2) is 0 Å². The van der Waals surface area contributed by atoms with Crippen LogP contribution in [0.1, 0.15) is 18.5 Å². The molecule has 3 rings (SSSR count). The van der Waals surface area contributed by atoms with Crippen molar-refractivity contribution < 1.29 is 0 Å². The molecule has 0 saturated carbocycles. The van der Waals surface area contributed by atoms with Gasteiger partial charge >= 0.3 is 0 Å². The van der Waals surface area contributed by atoms with E-state index in [1.54, 1.807) is 0 Å². The number of benzene rings is 1. The Morgan fingerprint density at radius 1 is 1.05 bits per heavy atom. The first-order chi connectivity index (χ1) is 10.2. The molecule has 4 heteroatoms. The van der Waals surface area contributed by atoms with Crippen LogP contribution in [-0.2, 0) is 0 Å². The molecule has 0 spiro atoms. The normalized spacial score (nSPS) is 17.3. The lowest BCUT2D eigenvalue weighted by Gasteiger charge is -2.43. The number of anilines is 2. The highest BCUT2D eigenvalue weighted by Crippen LogP contribution is 2.38. The van der Waals surface area contributed by atoms with E-state index in [9.17, 15) is 0 Å². The van der Waals surface area contributed by atoms with Crippen LogP contribution in [-0.4, -0.2) is 31.2 Å². The molecule has 110 valence electrons. The first kappa shape index (κ1) is 13.9. The molecule has 4 nitrogen and oxygen atoms in total. The van der Waals surface area contributed by atoms with Gasteiger partial charge in [0.25, 0.3) is 0 Å². The molecule has 21 heavy (non-hydrogen) atoms. The number of para-hydroxylation sites is 2. The van der Waals surface area contributed by atoms with E-state index in [1.807, 2.05) is 12.4 Å². The summed E-state index contributed by atoms with van der Waals surface area (Å²) in [6.45, 7) is 4.05. The maximum absolute atomic E-state index is 6.32. The van der Waals surface area contributed by atoms with Crippen LogP contribution >= 0.6 is 0 Å². The zero-order valence-corrected chi connectivity index (χ0v) is 12.6. The number of hydrogen-bond donors (Lipinski definition) is 1. The van der Waals surface area contributed by atoms with E-state index >= 15 is 0 Å². The van der Waals surface area contributed by atoms with Gasteiger partial charge in [-0.1, -0.05) is 12.1 Å². The van der Waals surface area contributed by atoms with Crippen LogP contribution in [0.3, 0.4) is 0 Å². The Morgan fingerprint density at radius 3 is 2.38 bits per heavy atom. The Bertz CT molecular complexity index is 597. The summed E-state index contributed by atoms with van der Waals surface area (Å²) in [5, 5.41) is 0. The molecule has 1 aliphatic heterocycles. The van der Waals surface area contributed by atoms with Gasteiger partial charge in [-0.05, 0) is 36.8 Å². The van der Waals surface area contributed by atoms with Crippen molar-refractivity contribution in [2.45, 2.75) is 19.0 Å². The lowest BCUT2D eigenvalue weighted by Crippen LogP contribution is -2.46. The Hall–Kier alpha value is -2.07. The molecular formula is C17H22N4. The molecule has 2 atom stereocenters. The molecule has 1 aromatic carbocycles. The largest absolute Gasteiger partial charge is 0.371 e. The summed E-state index contributed by atoms with van der Waals surface area (Å²) in [5.41, 5.74) is 10.1. The quantitative estimate of drug-likeness (QED) is 0.939. The van der Waals surface area contributed by atoms with Crippen molar-refractivity contribution in [3.63, 3.8) is 0 Å². The summed E-state index contributed by atoms with van der Waals surface area (Å²) in [6.07, 6.45) is 3.68. The lowest BCUT2D eigenvalue weighted by atomic mass is 9.98. The number of hydrogen-bond acceptors (Lipinski definition) is 4. The van der Waals surface area contributed by atoms with Crippen molar-refractivity contribution in [2.75, 3.05) is 29.9 Å². The number of likely N-dealkylation sites (N-methyl/N-ethyl adjacent to an activating group) is 1. The van der Waals surface area contributed by atoms with Crippen LogP contribution in [0.2, 0.25) is 0 Å². The standard InChI is InChI=1S/C17H22N4/c1-13(18)17(14-7-9-19-10-8-14)21-12-11-20(2)15-5-3-4-6-16(15)21/h3-10,13,17H,11-12,18H2,1-2H3. The molecule has 1 aliphatic rings. The van der Waals surface area contributed by atoms with Crippen molar-refractivity contribution in [1.29, 1.82) is 0 Å². The van der Waals surface area contributed by atoms with Gasteiger partial charge in [-0.3, -0.25) is 4.98 Å². The van der Waals surface area contributed by atoms with Crippen molar-refractivity contribution in [3.05, 3.63) is 54.4 Å². The fourth-order valence-corrected chi connectivity index (χ4v) is 3.15. The number of nitrogens with zero attached hydrogens (tertiary/aromatic N) is 3. The topological polar surface area (TPSA) is 45.4 Å². The fourth-order valence-electron chi connectivity index (χ4n) is 3.15. The minimum atomic E-state index is 0.0452. The van der Waals surface area contributed by atoms with E-state index in [2.05, 4.69) is 65.2 Å². The Morgan fingerprint density at radius 2 is 1.71 bits per heavy atom. The highest BCUT2D eigenvalue weighted by molar-refractivity contribution is 5.73. The monoisotopic (exact) mass is 282 g/mol.